The number of carbonyl (C=O) groups excluding carboxylic acids is 1. The first-order chi connectivity index (χ1) is 9.25. The van der Waals surface area contributed by atoms with Gasteiger partial charge in [0.15, 0.2) is 0 Å². The average molecular weight is 251 g/mol. The van der Waals surface area contributed by atoms with Gasteiger partial charge in [-0.1, -0.05) is 30.3 Å². The number of anilines is 1. The van der Waals surface area contributed by atoms with Crippen molar-refractivity contribution in [1.29, 1.82) is 0 Å². The number of nitrogens with zero attached hydrogens (tertiary/aromatic N) is 2. The molecule has 0 fully saturated rings. The summed E-state index contributed by atoms with van der Waals surface area (Å²) in [5, 5.41) is 2.86. The van der Waals surface area contributed by atoms with Crippen molar-refractivity contribution in [3.63, 3.8) is 0 Å². The second kappa shape index (κ2) is 4.57. The highest BCUT2D eigenvalue weighted by atomic mass is 16.2. The second-order valence-corrected chi connectivity index (χ2v) is 4.28. The van der Waals surface area contributed by atoms with Crippen LogP contribution in [-0.2, 0) is 0 Å². The topological polar surface area (TPSA) is 46.9 Å². The van der Waals surface area contributed by atoms with Crippen LogP contribution in [0.5, 0.6) is 0 Å². The van der Waals surface area contributed by atoms with Crippen molar-refractivity contribution in [2.75, 3.05) is 5.32 Å². The Hall–Kier alpha value is -2.62. The number of nitrogens with one attached hydrogen (secondary N) is 1. The summed E-state index contributed by atoms with van der Waals surface area (Å²) in [7, 11) is 0. The monoisotopic (exact) mass is 251 g/mol. The molecule has 3 aromatic rings. The number of rotatable bonds is 1. The molecule has 1 heterocycles. The van der Waals surface area contributed by atoms with Crippen molar-refractivity contribution in [3.05, 3.63) is 60.4 Å². The van der Waals surface area contributed by atoms with E-state index in [1.54, 1.807) is 4.57 Å². The predicted octanol–water partition coefficient (Wildman–Crippen LogP) is 3.42. The standard InChI is InChI=1S/C15H13N3O/c1-11-16-13-9-5-6-10-14(13)18(11)15(19)17-12-7-3-2-4-8-12/h2-10H,1H3,(H,17,19). The summed E-state index contributed by atoms with van der Waals surface area (Å²) >= 11 is 0. The van der Waals surface area contributed by atoms with Crippen LogP contribution in [0.15, 0.2) is 54.6 Å². The van der Waals surface area contributed by atoms with Crippen LogP contribution in [0.1, 0.15) is 5.82 Å². The summed E-state index contributed by atoms with van der Waals surface area (Å²) < 4.78 is 1.59. The van der Waals surface area contributed by atoms with E-state index in [0.29, 0.717) is 5.82 Å². The van der Waals surface area contributed by atoms with Crippen LogP contribution in [0.2, 0.25) is 0 Å². The van der Waals surface area contributed by atoms with Gasteiger partial charge in [0, 0.05) is 5.69 Å². The number of hydrogen-bond donors (Lipinski definition) is 1. The summed E-state index contributed by atoms with van der Waals surface area (Å²) in [4.78, 5) is 16.7. The summed E-state index contributed by atoms with van der Waals surface area (Å²) in [6.07, 6.45) is 0. The van der Waals surface area contributed by atoms with E-state index in [1.807, 2.05) is 61.5 Å². The predicted molar refractivity (Wildman–Crippen MR) is 75.3 cm³/mol. The van der Waals surface area contributed by atoms with Gasteiger partial charge < -0.3 is 5.32 Å². The molecule has 0 atom stereocenters. The SMILES string of the molecule is Cc1nc2ccccc2n1C(=O)Nc1ccccc1. The van der Waals surface area contributed by atoms with E-state index in [2.05, 4.69) is 10.3 Å². The van der Waals surface area contributed by atoms with Gasteiger partial charge in [0.2, 0.25) is 0 Å². The number of aryl methyl sites for hydroxylation is 1. The third-order valence-corrected chi connectivity index (χ3v) is 2.96. The molecule has 0 aliphatic heterocycles. The molecule has 3 rings (SSSR count). The van der Waals surface area contributed by atoms with Crippen LogP contribution in [0.4, 0.5) is 10.5 Å². The van der Waals surface area contributed by atoms with Gasteiger partial charge in [-0.15, -0.1) is 0 Å². The van der Waals surface area contributed by atoms with Gasteiger partial charge >= 0.3 is 6.03 Å². The number of imidazole rings is 1. The lowest BCUT2D eigenvalue weighted by Crippen LogP contribution is -2.20. The maximum absolute atomic E-state index is 12.3. The number of benzene rings is 2. The van der Waals surface area contributed by atoms with E-state index in [0.717, 1.165) is 16.7 Å². The molecular weight excluding hydrogens is 238 g/mol. The molecule has 0 aliphatic rings. The fourth-order valence-electron chi connectivity index (χ4n) is 2.10. The van der Waals surface area contributed by atoms with E-state index in [4.69, 9.17) is 0 Å². The Balaban J connectivity index is 2.00. The Kier molecular flexibility index (Phi) is 2.76. The van der Waals surface area contributed by atoms with E-state index >= 15 is 0 Å². The van der Waals surface area contributed by atoms with E-state index < -0.39 is 0 Å². The molecule has 0 unspecified atom stereocenters. The number of aromatic nitrogens is 2. The molecule has 4 heteroatoms. The fourth-order valence-corrected chi connectivity index (χ4v) is 2.10. The number of carbonyl (C=O) groups is 1. The number of hydrogen-bond acceptors (Lipinski definition) is 2. The van der Waals surface area contributed by atoms with Crippen molar-refractivity contribution in [2.24, 2.45) is 0 Å². The molecule has 1 amide bonds. The molecular formula is C15H13N3O. The summed E-state index contributed by atoms with van der Waals surface area (Å²) in [6, 6.07) is 16.8. The smallest absolute Gasteiger partial charge is 0.307 e. The van der Waals surface area contributed by atoms with Gasteiger partial charge in [-0.05, 0) is 31.2 Å². The highest BCUT2D eigenvalue weighted by molar-refractivity contribution is 5.97. The summed E-state index contributed by atoms with van der Waals surface area (Å²) in [6.45, 7) is 1.82. The van der Waals surface area contributed by atoms with Gasteiger partial charge in [0.25, 0.3) is 0 Å². The maximum atomic E-state index is 12.3. The van der Waals surface area contributed by atoms with Crippen LogP contribution in [0, 0.1) is 6.92 Å². The normalized spacial score (nSPS) is 10.6. The van der Waals surface area contributed by atoms with Crippen LogP contribution >= 0.6 is 0 Å². The molecule has 0 radical (unpaired) electrons. The van der Waals surface area contributed by atoms with Gasteiger partial charge in [-0.2, -0.15) is 0 Å². The zero-order valence-electron chi connectivity index (χ0n) is 10.5. The highest BCUT2D eigenvalue weighted by Gasteiger charge is 2.13. The van der Waals surface area contributed by atoms with Crippen LogP contribution < -0.4 is 5.32 Å². The first-order valence-corrected chi connectivity index (χ1v) is 6.06. The lowest BCUT2D eigenvalue weighted by molar-refractivity contribution is 0.254. The molecule has 0 saturated heterocycles. The zero-order valence-corrected chi connectivity index (χ0v) is 10.5. The lowest BCUT2D eigenvalue weighted by Gasteiger charge is -2.07. The minimum Gasteiger partial charge on any atom is -0.307 e. The maximum Gasteiger partial charge on any atom is 0.331 e. The third-order valence-electron chi connectivity index (χ3n) is 2.96. The van der Waals surface area contributed by atoms with Crippen molar-refractivity contribution in [3.8, 4) is 0 Å². The van der Waals surface area contributed by atoms with Crippen LogP contribution in [-0.4, -0.2) is 15.6 Å². The average Bonchev–Trinajstić information content (AvgIpc) is 2.75. The molecule has 1 aromatic heterocycles. The van der Waals surface area contributed by atoms with E-state index in [-0.39, 0.29) is 6.03 Å². The minimum atomic E-state index is -0.197. The van der Waals surface area contributed by atoms with Gasteiger partial charge in [0.05, 0.1) is 11.0 Å². The van der Waals surface area contributed by atoms with Gasteiger partial charge in [-0.25, -0.2) is 14.3 Å². The Labute approximate surface area is 110 Å². The molecule has 2 aromatic carbocycles. The number of amides is 1. The molecule has 0 bridgehead atoms. The number of fused-ring (bicyclic) bond motifs is 1. The number of para-hydroxylation sites is 3. The van der Waals surface area contributed by atoms with E-state index in [9.17, 15) is 4.79 Å². The molecule has 0 spiro atoms. The largest absolute Gasteiger partial charge is 0.331 e. The Morgan fingerprint density at radius 3 is 2.53 bits per heavy atom. The molecule has 94 valence electrons. The van der Waals surface area contributed by atoms with Crippen molar-refractivity contribution < 1.29 is 4.79 Å². The quantitative estimate of drug-likeness (QED) is 0.720. The minimum absolute atomic E-state index is 0.197. The molecule has 19 heavy (non-hydrogen) atoms. The van der Waals surface area contributed by atoms with Crippen LogP contribution in [0.25, 0.3) is 11.0 Å². The van der Waals surface area contributed by atoms with Crippen LogP contribution in [0.3, 0.4) is 0 Å². The van der Waals surface area contributed by atoms with Gasteiger partial charge in [0.1, 0.15) is 5.82 Å². The lowest BCUT2D eigenvalue weighted by atomic mass is 10.3. The molecule has 0 saturated carbocycles. The Morgan fingerprint density at radius 2 is 1.74 bits per heavy atom. The summed E-state index contributed by atoms with van der Waals surface area (Å²) in [5.74, 6) is 0.676. The first kappa shape index (κ1) is 11.5. The third kappa shape index (κ3) is 2.08. The van der Waals surface area contributed by atoms with Crippen molar-refractivity contribution in [2.45, 2.75) is 6.92 Å². The summed E-state index contributed by atoms with van der Waals surface area (Å²) in [5.41, 5.74) is 2.40. The van der Waals surface area contributed by atoms with Crippen molar-refractivity contribution in [1.82, 2.24) is 9.55 Å². The van der Waals surface area contributed by atoms with Crippen molar-refractivity contribution >= 4 is 22.8 Å². The zero-order chi connectivity index (χ0) is 13.2. The second-order valence-electron chi connectivity index (χ2n) is 4.28. The fraction of sp³-hybridized carbons (Fsp3) is 0.0667. The first-order valence-electron chi connectivity index (χ1n) is 6.06. The molecule has 1 N–H and O–H groups in total. The van der Waals surface area contributed by atoms with E-state index in [1.165, 1.54) is 0 Å². The molecule has 0 aliphatic carbocycles. The molecule has 4 nitrogen and oxygen atoms in total. The Morgan fingerprint density at radius 1 is 1.05 bits per heavy atom. The van der Waals surface area contributed by atoms with Gasteiger partial charge in [-0.3, -0.25) is 0 Å². The Bertz CT molecular complexity index is 731. The highest BCUT2D eigenvalue weighted by Crippen LogP contribution is 2.16.